The lowest BCUT2D eigenvalue weighted by atomic mass is 9.89. The molecule has 1 N–H and O–H groups in total. The summed E-state index contributed by atoms with van der Waals surface area (Å²) in [4.78, 5) is 5.34. The lowest BCUT2D eigenvalue weighted by Gasteiger charge is -2.51. The van der Waals surface area contributed by atoms with E-state index in [2.05, 4.69) is 35.9 Å². The summed E-state index contributed by atoms with van der Waals surface area (Å²) in [5.41, 5.74) is 0. The second-order valence-electron chi connectivity index (χ2n) is 5.37. The number of hydrogen-bond acceptors (Lipinski definition) is 3. The van der Waals surface area contributed by atoms with Gasteiger partial charge in [0.15, 0.2) is 0 Å². The van der Waals surface area contributed by atoms with Crippen LogP contribution in [-0.2, 0) is 0 Å². The first-order valence-corrected chi connectivity index (χ1v) is 6.96. The molecule has 3 fully saturated rings. The Kier molecular flexibility index (Phi) is 4.22. The molecule has 0 amide bonds. The molecule has 0 aromatic heterocycles. The summed E-state index contributed by atoms with van der Waals surface area (Å²) in [5, 5.41) is 3.72. The van der Waals surface area contributed by atoms with Crippen LogP contribution in [0.1, 0.15) is 27.2 Å². The molecule has 3 nitrogen and oxygen atoms in total. The summed E-state index contributed by atoms with van der Waals surface area (Å²) in [6, 6.07) is 1.43. The van der Waals surface area contributed by atoms with Crippen molar-refractivity contribution in [3.05, 3.63) is 0 Å². The summed E-state index contributed by atoms with van der Waals surface area (Å²) in [6.07, 6.45) is 1.28. The summed E-state index contributed by atoms with van der Waals surface area (Å²) >= 11 is 0. The van der Waals surface area contributed by atoms with Crippen molar-refractivity contribution in [1.82, 2.24) is 15.1 Å². The minimum atomic E-state index is 0.679. The third kappa shape index (κ3) is 2.41. The first kappa shape index (κ1) is 12.3. The van der Waals surface area contributed by atoms with E-state index in [1.165, 1.54) is 39.1 Å². The maximum atomic E-state index is 3.72. The van der Waals surface area contributed by atoms with Crippen molar-refractivity contribution in [2.45, 2.75) is 39.3 Å². The minimum absolute atomic E-state index is 0.679. The summed E-state index contributed by atoms with van der Waals surface area (Å²) < 4.78 is 0. The predicted molar refractivity (Wildman–Crippen MR) is 68.7 cm³/mol. The second-order valence-corrected chi connectivity index (χ2v) is 5.37. The number of rotatable bonds is 5. The van der Waals surface area contributed by atoms with Gasteiger partial charge in [0.1, 0.15) is 0 Å². The molecule has 3 atom stereocenters. The highest BCUT2D eigenvalue weighted by molar-refractivity contribution is 4.96. The Hall–Kier alpha value is -0.120. The molecule has 3 rings (SSSR count). The number of nitrogens with one attached hydrogen (secondary N) is 1. The van der Waals surface area contributed by atoms with E-state index in [1.807, 2.05) is 0 Å². The predicted octanol–water partition coefficient (Wildman–Crippen LogP) is 1.01. The Morgan fingerprint density at radius 3 is 2.31 bits per heavy atom. The zero-order chi connectivity index (χ0) is 11.5. The number of hydrogen-bond donors (Lipinski definition) is 1. The maximum absolute atomic E-state index is 3.72. The van der Waals surface area contributed by atoms with Gasteiger partial charge < -0.3 is 5.32 Å². The first-order valence-electron chi connectivity index (χ1n) is 6.96. The van der Waals surface area contributed by atoms with Crippen LogP contribution < -0.4 is 5.32 Å². The van der Waals surface area contributed by atoms with Crippen molar-refractivity contribution in [3.63, 3.8) is 0 Å². The van der Waals surface area contributed by atoms with Crippen molar-refractivity contribution < 1.29 is 0 Å². The van der Waals surface area contributed by atoms with Gasteiger partial charge in [0, 0.05) is 44.8 Å². The third-order valence-electron chi connectivity index (χ3n) is 4.43. The first-order chi connectivity index (χ1) is 7.76. The van der Waals surface area contributed by atoms with Gasteiger partial charge in [-0.05, 0) is 12.5 Å². The third-order valence-corrected chi connectivity index (χ3v) is 4.43. The van der Waals surface area contributed by atoms with Crippen LogP contribution in [0.4, 0.5) is 0 Å². The highest BCUT2D eigenvalue weighted by Crippen LogP contribution is 2.23. The van der Waals surface area contributed by atoms with E-state index < -0.39 is 0 Å². The SMILES string of the molecule is CCNC(C(C)CC)C1CN2CCN1CC2. The van der Waals surface area contributed by atoms with Crippen molar-refractivity contribution in [2.24, 2.45) is 5.92 Å². The molecule has 0 aromatic rings. The maximum Gasteiger partial charge on any atom is 0.0380 e. The fourth-order valence-corrected chi connectivity index (χ4v) is 3.20. The highest BCUT2D eigenvalue weighted by atomic mass is 15.4. The zero-order valence-corrected chi connectivity index (χ0v) is 11.1. The lowest BCUT2D eigenvalue weighted by Crippen LogP contribution is -2.67. The summed E-state index contributed by atoms with van der Waals surface area (Å²) in [5.74, 6) is 0.783. The fourth-order valence-electron chi connectivity index (χ4n) is 3.20. The van der Waals surface area contributed by atoms with Gasteiger partial charge in [-0.1, -0.05) is 27.2 Å². The van der Waals surface area contributed by atoms with E-state index in [1.54, 1.807) is 0 Å². The van der Waals surface area contributed by atoms with E-state index in [0.717, 1.165) is 18.5 Å². The van der Waals surface area contributed by atoms with Crippen molar-refractivity contribution in [3.8, 4) is 0 Å². The van der Waals surface area contributed by atoms with Gasteiger partial charge >= 0.3 is 0 Å². The van der Waals surface area contributed by atoms with Crippen LogP contribution in [0.15, 0.2) is 0 Å². The minimum Gasteiger partial charge on any atom is -0.312 e. The number of likely N-dealkylation sites (N-methyl/N-ethyl adjacent to an activating group) is 1. The molecular formula is C13H27N3. The molecule has 0 aromatic carbocycles. The summed E-state index contributed by atoms with van der Waals surface area (Å²) in [7, 11) is 0. The van der Waals surface area contributed by atoms with Gasteiger partial charge in [0.05, 0.1) is 0 Å². The van der Waals surface area contributed by atoms with Crippen LogP contribution in [0.3, 0.4) is 0 Å². The summed E-state index contributed by atoms with van der Waals surface area (Å²) in [6.45, 7) is 14.4. The molecule has 0 spiro atoms. The molecule has 3 heteroatoms. The van der Waals surface area contributed by atoms with Crippen molar-refractivity contribution in [2.75, 3.05) is 39.3 Å². The van der Waals surface area contributed by atoms with Gasteiger partial charge in [0.25, 0.3) is 0 Å². The molecule has 3 unspecified atom stereocenters. The van der Waals surface area contributed by atoms with Crippen molar-refractivity contribution in [1.29, 1.82) is 0 Å². The fraction of sp³-hybridized carbons (Fsp3) is 1.00. The molecule has 3 saturated heterocycles. The van der Waals surface area contributed by atoms with E-state index in [9.17, 15) is 0 Å². The Bertz CT molecular complexity index is 211. The van der Waals surface area contributed by atoms with E-state index in [0.29, 0.717) is 6.04 Å². The van der Waals surface area contributed by atoms with Crippen LogP contribution in [0.2, 0.25) is 0 Å². The molecule has 2 bridgehead atoms. The number of piperazine rings is 3. The van der Waals surface area contributed by atoms with Gasteiger partial charge in [-0.25, -0.2) is 0 Å². The molecule has 0 aliphatic carbocycles. The molecule has 16 heavy (non-hydrogen) atoms. The van der Waals surface area contributed by atoms with E-state index >= 15 is 0 Å². The quantitative estimate of drug-likeness (QED) is 0.753. The smallest absolute Gasteiger partial charge is 0.0380 e. The number of fused-ring (bicyclic) bond motifs is 3. The number of nitrogens with zero attached hydrogens (tertiary/aromatic N) is 2. The normalized spacial score (nSPS) is 37.3. The van der Waals surface area contributed by atoms with Crippen LogP contribution in [0.5, 0.6) is 0 Å². The Balaban J connectivity index is 2.01. The van der Waals surface area contributed by atoms with Gasteiger partial charge in [-0.2, -0.15) is 0 Å². The molecule has 94 valence electrons. The highest BCUT2D eigenvalue weighted by Gasteiger charge is 2.37. The second kappa shape index (κ2) is 5.48. The zero-order valence-electron chi connectivity index (χ0n) is 11.1. The molecular weight excluding hydrogens is 198 g/mol. The van der Waals surface area contributed by atoms with Gasteiger partial charge in [-0.3, -0.25) is 9.80 Å². The topological polar surface area (TPSA) is 18.5 Å². The van der Waals surface area contributed by atoms with Crippen LogP contribution >= 0.6 is 0 Å². The standard InChI is InChI=1S/C13H27N3/c1-4-11(3)13(14-5-2)12-10-15-6-8-16(12)9-7-15/h11-14H,4-10H2,1-3H3. The average molecular weight is 225 g/mol. The van der Waals surface area contributed by atoms with Gasteiger partial charge in [-0.15, -0.1) is 0 Å². The Morgan fingerprint density at radius 1 is 1.19 bits per heavy atom. The molecule has 3 aliphatic rings. The molecule has 3 heterocycles. The van der Waals surface area contributed by atoms with Crippen molar-refractivity contribution >= 4 is 0 Å². The van der Waals surface area contributed by atoms with Crippen LogP contribution in [0, 0.1) is 5.92 Å². The van der Waals surface area contributed by atoms with Crippen LogP contribution in [0.25, 0.3) is 0 Å². The molecule has 0 radical (unpaired) electrons. The average Bonchev–Trinajstić information content (AvgIpc) is 2.36. The molecule has 0 saturated carbocycles. The Morgan fingerprint density at radius 2 is 1.88 bits per heavy atom. The molecule has 3 aliphatic heterocycles. The monoisotopic (exact) mass is 225 g/mol. The van der Waals surface area contributed by atoms with E-state index in [-0.39, 0.29) is 0 Å². The van der Waals surface area contributed by atoms with Crippen LogP contribution in [-0.4, -0.2) is 61.2 Å². The lowest BCUT2D eigenvalue weighted by molar-refractivity contribution is -0.0118. The van der Waals surface area contributed by atoms with Gasteiger partial charge in [0.2, 0.25) is 0 Å². The van der Waals surface area contributed by atoms with E-state index in [4.69, 9.17) is 0 Å². The Labute approximate surface area is 100 Å². The largest absolute Gasteiger partial charge is 0.312 e.